The standard InChI is InChI=1S/C17H18ClNO3/c18-14-6-4-12(5-7-14)15(11-20)19-10-13-2-1-3-16-17(13)22-9-8-21-16/h1-7,15,19-20H,8-11H2. The van der Waals surface area contributed by atoms with Gasteiger partial charge in [-0.25, -0.2) is 0 Å². The maximum absolute atomic E-state index is 9.61. The molecule has 5 heteroatoms. The van der Waals surface area contributed by atoms with Crippen molar-refractivity contribution in [2.75, 3.05) is 19.8 Å². The van der Waals surface area contributed by atoms with Gasteiger partial charge in [-0.1, -0.05) is 35.9 Å². The lowest BCUT2D eigenvalue weighted by molar-refractivity contribution is 0.169. The summed E-state index contributed by atoms with van der Waals surface area (Å²) in [6.45, 7) is 1.73. The molecule has 1 aliphatic rings. The summed E-state index contributed by atoms with van der Waals surface area (Å²) in [5.74, 6) is 1.56. The van der Waals surface area contributed by atoms with Crippen molar-refractivity contribution in [3.63, 3.8) is 0 Å². The van der Waals surface area contributed by atoms with Crippen molar-refractivity contribution in [3.05, 3.63) is 58.6 Å². The van der Waals surface area contributed by atoms with Crippen molar-refractivity contribution in [1.82, 2.24) is 5.32 Å². The molecule has 0 radical (unpaired) electrons. The highest BCUT2D eigenvalue weighted by Gasteiger charge is 2.17. The molecule has 1 atom stereocenters. The Labute approximate surface area is 134 Å². The summed E-state index contributed by atoms with van der Waals surface area (Å²) in [5, 5.41) is 13.6. The van der Waals surface area contributed by atoms with Crippen molar-refractivity contribution in [2.45, 2.75) is 12.6 Å². The van der Waals surface area contributed by atoms with E-state index in [1.54, 1.807) is 0 Å². The molecule has 0 saturated heterocycles. The predicted octanol–water partition coefficient (Wildman–Crippen LogP) is 2.93. The molecule has 2 aromatic rings. The highest BCUT2D eigenvalue weighted by molar-refractivity contribution is 6.30. The van der Waals surface area contributed by atoms with E-state index in [-0.39, 0.29) is 12.6 Å². The molecule has 116 valence electrons. The molecule has 2 aromatic carbocycles. The molecule has 4 nitrogen and oxygen atoms in total. The molecule has 22 heavy (non-hydrogen) atoms. The summed E-state index contributed by atoms with van der Waals surface area (Å²) in [6, 6.07) is 13.2. The molecule has 0 spiro atoms. The topological polar surface area (TPSA) is 50.7 Å². The average Bonchev–Trinajstić information content (AvgIpc) is 2.57. The number of fused-ring (bicyclic) bond motifs is 1. The largest absolute Gasteiger partial charge is 0.486 e. The molecule has 0 bridgehead atoms. The number of aliphatic hydroxyl groups is 1. The van der Waals surface area contributed by atoms with Gasteiger partial charge in [-0.2, -0.15) is 0 Å². The normalized spacial score (nSPS) is 14.6. The summed E-state index contributed by atoms with van der Waals surface area (Å²) in [5.41, 5.74) is 2.01. The molecule has 0 amide bonds. The highest BCUT2D eigenvalue weighted by atomic mass is 35.5. The van der Waals surface area contributed by atoms with Crippen LogP contribution in [0.1, 0.15) is 17.2 Å². The first kappa shape index (κ1) is 15.2. The lowest BCUT2D eigenvalue weighted by atomic mass is 10.1. The summed E-state index contributed by atoms with van der Waals surface area (Å²) < 4.78 is 11.3. The fraction of sp³-hybridized carbons (Fsp3) is 0.294. The maximum atomic E-state index is 9.61. The van der Waals surface area contributed by atoms with Gasteiger partial charge in [0.1, 0.15) is 13.2 Å². The Morgan fingerprint density at radius 3 is 2.64 bits per heavy atom. The van der Waals surface area contributed by atoms with Crippen LogP contribution in [0.2, 0.25) is 5.02 Å². The third-order valence-electron chi connectivity index (χ3n) is 3.64. The molecule has 0 fully saturated rings. The third kappa shape index (κ3) is 3.35. The van der Waals surface area contributed by atoms with E-state index in [0.29, 0.717) is 24.8 Å². The lowest BCUT2D eigenvalue weighted by Gasteiger charge is -2.22. The van der Waals surface area contributed by atoms with Gasteiger partial charge in [0.15, 0.2) is 11.5 Å². The van der Waals surface area contributed by atoms with Gasteiger partial charge < -0.3 is 19.9 Å². The van der Waals surface area contributed by atoms with Crippen LogP contribution in [0.4, 0.5) is 0 Å². The zero-order chi connectivity index (χ0) is 15.4. The van der Waals surface area contributed by atoms with Crippen LogP contribution in [0.3, 0.4) is 0 Å². The molecular formula is C17H18ClNO3. The van der Waals surface area contributed by atoms with Crippen LogP contribution >= 0.6 is 11.6 Å². The summed E-state index contributed by atoms with van der Waals surface area (Å²) in [7, 11) is 0. The second-order valence-corrected chi connectivity index (χ2v) is 5.55. The van der Waals surface area contributed by atoms with Crippen LogP contribution in [0, 0.1) is 0 Å². The van der Waals surface area contributed by atoms with Gasteiger partial charge in [0.25, 0.3) is 0 Å². The van der Waals surface area contributed by atoms with Crippen LogP contribution in [-0.4, -0.2) is 24.9 Å². The van der Waals surface area contributed by atoms with E-state index in [4.69, 9.17) is 21.1 Å². The zero-order valence-electron chi connectivity index (χ0n) is 12.1. The molecular weight excluding hydrogens is 302 g/mol. The summed E-state index contributed by atoms with van der Waals surface area (Å²) in [4.78, 5) is 0. The van der Waals surface area contributed by atoms with Crippen molar-refractivity contribution >= 4 is 11.6 Å². The Kier molecular flexibility index (Phi) is 4.83. The first-order valence-corrected chi connectivity index (χ1v) is 7.63. The number of ether oxygens (including phenoxy) is 2. The highest BCUT2D eigenvalue weighted by Crippen LogP contribution is 2.33. The van der Waals surface area contributed by atoms with Crippen LogP contribution < -0.4 is 14.8 Å². The van der Waals surface area contributed by atoms with E-state index >= 15 is 0 Å². The Hall–Kier alpha value is -1.75. The van der Waals surface area contributed by atoms with Gasteiger partial charge in [0.2, 0.25) is 0 Å². The molecule has 0 aromatic heterocycles. The quantitative estimate of drug-likeness (QED) is 0.889. The molecule has 1 unspecified atom stereocenters. The van der Waals surface area contributed by atoms with Gasteiger partial charge in [-0.15, -0.1) is 0 Å². The van der Waals surface area contributed by atoms with Gasteiger partial charge in [0.05, 0.1) is 12.6 Å². The van der Waals surface area contributed by atoms with Gasteiger partial charge in [-0.3, -0.25) is 0 Å². The van der Waals surface area contributed by atoms with Crippen LogP contribution in [0.5, 0.6) is 11.5 Å². The molecule has 0 aliphatic carbocycles. The Morgan fingerprint density at radius 1 is 1.09 bits per heavy atom. The lowest BCUT2D eigenvalue weighted by Crippen LogP contribution is -2.25. The van der Waals surface area contributed by atoms with E-state index in [0.717, 1.165) is 22.6 Å². The van der Waals surface area contributed by atoms with Crippen LogP contribution in [0.15, 0.2) is 42.5 Å². The minimum Gasteiger partial charge on any atom is -0.486 e. The van der Waals surface area contributed by atoms with E-state index in [1.165, 1.54) is 0 Å². The minimum atomic E-state index is -0.155. The second-order valence-electron chi connectivity index (χ2n) is 5.11. The first-order valence-electron chi connectivity index (χ1n) is 7.25. The Balaban J connectivity index is 1.72. The second kappa shape index (κ2) is 7.01. The SMILES string of the molecule is OCC(NCc1cccc2c1OCCO2)c1ccc(Cl)cc1. The maximum Gasteiger partial charge on any atom is 0.165 e. The number of rotatable bonds is 5. The van der Waals surface area contributed by atoms with Crippen molar-refractivity contribution < 1.29 is 14.6 Å². The Bertz CT molecular complexity index is 630. The summed E-state index contributed by atoms with van der Waals surface area (Å²) in [6.07, 6.45) is 0. The Morgan fingerprint density at radius 2 is 1.86 bits per heavy atom. The van der Waals surface area contributed by atoms with Crippen molar-refractivity contribution in [3.8, 4) is 11.5 Å². The number of aliphatic hydroxyl groups excluding tert-OH is 1. The number of nitrogens with one attached hydrogen (secondary N) is 1. The number of hydrogen-bond donors (Lipinski definition) is 2. The smallest absolute Gasteiger partial charge is 0.165 e. The zero-order valence-corrected chi connectivity index (χ0v) is 12.8. The number of benzene rings is 2. The predicted molar refractivity (Wildman–Crippen MR) is 85.6 cm³/mol. The van der Waals surface area contributed by atoms with Gasteiger partial charge >= 0.3 is 0 Å². The fourth-order valence-corrected chi connectivity index (χ4v) is 2.62. The number of halogens is 1. The molecule has 1 heterocycles. The van der Waals surface area contributed by atoms with Crippen LogP contribution in [-0.2, 0) is 6.54 Å². The van der Waals surface area contributed by atoms with Crippen LogP contribution in [0.25, 0.3) is 0 Å². The fourth-order valence-electron chi connectivity index (χ4n) is 2.49. The number of para-hydroxylation sites is 1. The van der Waals surface area contributed by atoms with E-state index in [2.05, 4.69) is 5.32 Å². The third-order valence-corrected chi connectivity index (χ3v) is 3.89. The molecule has 2 N–H and O–H groups in total. The van der Waals surface area contributed by atoms with Gasteiger partial charge in [-0.05, 0) is 23.8 Å². The minimum absolute atomic E-state index is 0.00795. The van der Waals surface area contributed by atoms with E-state index in [9.17, 15) is 5.11 Å². The molecule has 1 aliphatic heterocycles. The molecule has 0 saturated carbocycles. The molecule has 3 rings (SSSR count). The number of hydrogen-bond acceptors (Lipinski definition) is 4. The van der Waals surface area contributed by atoms with Crippen molar-refractivity contribution in [1.29, 1.82) is 0 Å². The van der Waals surface area contributed by atoms with Crippen molar-refractivity contribution in [2.24, 2.45) is 0 Å². The van der Waals surface area contributed by atoms with Gasteiger partial charge in [0, 0.05) is 17.1 Å². The summed E-state index contributed by atoms with van der Waals surface area (Å²) >= 11 is 5.90. The monoisotopic (exact) mass is 319 g/mol. The van der Waals surface area contributed by atoms with E-state index in [1.807, 2.05) is 42.5 Å². The average molecular weight is 320 g/mol. The van der Waals surface area contributed by atoms with E-state index < -0.39 is 0 Å². The first-order chi connectivity index (χ1) is 10.8.